The average Bonchev–Trinajstić information content (AvgIpc) is 3.11. The molecule has 2 N–H and O–H groups in total. The molecule has 1 aliphatic rings. The van der Waals surface area contributed by atoms with E-state index in [0.29, 0.717) is 22.9 Å². The topological polar surface area (TPSA) is 122 Å². The number of rotatable bonds is 5. The van der Waals surface area contributed by atoms with E-state index in [9.17, 15) is 9.59 Å². The molecular weight excluding hydrogens is 340 g/mol. The summed E-state index contributed by atoms with van der Waals surface area (Å²) in [7, 11) is 4.61. The van der Waals surface area contributed by atoms with E-state index >= 15 is 0 Å². The standard InChI is InChI=1S/C16H18N6O4/c1-22-13(23)7-6-11(21-22)15(24)18-16-17-14(19-20-16)10-5-4-9(25-2)8-12(10)26-3/h4-5,8H,6-7H2,1-3H3,(H2,17,18,19,20,24). The summed E-state index contributed by atoms with van der Waals surface area (Å²) >= 11 is 0. The molecule has 0 saturated heterocycles. The van der Waals surface area contributed by atoms with Crippen LogP contribution in [0.1, 0.15) is 12.8 Å². The fraction of sp³-hybridized carbons (Fsp3) is 0.312. The Balaban J connectivity index is 1.77. The van der Waals surface area contributed by atoms with Gasteiger partial charge in [-0.25, -0.2) is 5.01 Å². The summed E-state index contributed by atoms with van der Waals surface area (Å²) < 4.78 is 10.5. The summed E-state index contributed by atoms with van der Waals surface area (Å²) in [5, 5.41) is 14.4. The lowest BCUT2D eigenvalue weighted by Crippen LogP contribution is -2.34. The Morgan fingerprint density at radius 1 is 1.27 bits per heavy atom. The number of ether oxygens (including phenoxy) is 2. The van der Waals surface area contributed by atoms with Crippen molar-refractivity contribution in [3.05, 3.63) is 18.2 Å². The van der Waals surface area contributed by atoms with Crippen LogP contribution in [0.15, 0.2) is 23.3 Å². The summed E-state index contributed by atoms with van der Waals surface area (Å²) in [4.78, 5) is 27.9. The molecule has 0 bridgehead atoms. The highest BCUT2D eigenvalue weighted by Crippen LogP contribution is 2.31. The summed E-state index contributed by atoms with van der Waals surface area (Å²) in [5.41, 5.74) is 0.919. The molecule has 10 heteroatoms. The number of aromatic nitrogens is 3. The third-order valence-corrected chi connectivity index (χ3v) is 3.84. The highest BCUT2D eigenvalue weighted by Gasteiger charge is 2.23. The number of aromatic amines is 1. The number of anilines is 1. The molecule has 1 aliphatic heterocycles. The first-order valence-electron chi connectivity index (χ1n) is 7.82. The Morgan fingerprint density at radius 2 is 2.08 bits per heavy atom. The second-order valence-corrected chi connectivity index (χ2v) is 5.49. The zero-order valence-electron chi connectivity index (χ0n) is 14.6. The molecule has 0 fully saturated rings. The van der Waals surface area contributed by atoms with Crippen LogP contribution in [0.3, 0.4) is 0 Å². The van der Waals surface area contributed by atoms with Crippen LogP contribution >= 0.6 is 0 Å². The van der Waals surface area contributed by atoms with Gasteiger partial charge in [-0.15, -0.1) is 5.10 Å². The fourth-order valence-corrected chi connectivity index (χ4v) is 2.44. The molecule has 1 aromatic heterocycles. The maximum atomic E-state index is 12.3. The molecule has 0 atom stereocenters. The van der Waals surface area contributed by atoms with Gasteiger partial charge >= 0.3 is 0 Å². The quantitative estimate of drug-likeness (QED) is 0.823. The molecule has 2 aromatic rings. The van der Waals surface area contributed by atoms with Gasteiger partial charge in [-0.3, -0.25) is 20.0 Å². The second kappa shape index (κ2) is 7.21. The van der Waals surface area contributed by atoms with Gasteiger partial charge in [0.25, 0.3) is 5.91 Å². The van der Waals surface area contributed by atoms with E-state index in [1.54, 1.807) is 25.3 Å². The number of carbonyl (C=O) groups excluding carboxylic acids is 2. The summed E-state index contributed by atoms with van der Waals surface area (Å²) in [6.45, 7) is 0. The number of benzene rings is 1. The molecule has 0 aliphatic carbocycles. The SMILES string of the molecule is COc1ccc(-c2nc(NC(=O)C3=NN(C)C(=O)CC3)n[nH]2)c(OC)c1. The van der Waals surface area contributed by atoms with Crippen LogP contribution in [-0.2, 0) is 9.59 Å². The van der Waals surface area contributed by atoms with E-state index in [0.717, 1.165) is 5.01 Å². The van der Waals surface area contributed by atoms with E-state index in [2.05, 4.69) is 25.6 Å². The third-order valence-electron chi connectivity index (χ3n) is 3.84. The van der Waals surface area contributed by atoms with Crippen molar-refractivity contribution in [1.82, 2.24) is 20.2 Å². The smallest absolute Gasteiger partial charge is 0.274 e. The van der Waals surface area contributed by atoms with Crippen LogP contribution in [0, 0.1) is 0 Å². The molecule has 10 nitrogen and oxygen atoms in total. The van der Waals surface area contributed by atoms with E-state index in [1.165, 1.54) is 14.2 Å². The molecule has 2 amide bonds. The normalized spacial score (nSPS) is 14.0. The van der Waals surface area contributed by atoms with E-state index in [-0.39, 0.29) is 30.4 Å². The highest BCUT2D eigenvalue weighted by molar-refractivity contribution is 6.43. The fourth-order valence-electron chi connectivity index (χ4n) is 2.44. The van der Waals surface area contributed by atoms with Gasteiger partial charge in [0.05, 0.1) is 19.8 Å². The first-order valence-corrected chi connectivity index (χ1v) is 7.82. The van der Waals surface area contributed by atoms with Gasteiger partial charge in [-0.05, 0) is 12.1 Å². The van der Waals surface area contributed by atoms with Crippen molar-refractivity contribution < 1.29 is 19.1 Å². The van der Waals surface area contributed by atoms with Crippen molar-refractivity contribution >= 4 is 23.5 Å². The van der Waals surface area contributed by atoms with Gasteiger partial charge in [0.2, 0.25) is 11.9 Å². The Morgan fingerprint density at radius 3 is 2.77 bits per heavy atom. The van der Waals surface area contributed by atoms with Gasteiger partial charge in [-0.1, -0.05) is 0 Å². The number of hydrogen-bond donors (Lipinski definition) is 2. The minimum Gasteiger partial charge on any atom is -0.497 e. The van der Waals surface area contributed by atoms with E-state index < -0.39 is 5.91 Å². The van der Waals surface area contributed by atoms with Gasteiger partial charge < -0.3 is 9.47 Å². The summed E-state index contributed by atoms with van der Waals surface area (Å²) in [6, 6.07) is 5.26. The number of hydrogen-bond acceptors (Lipinski definition) is 7. The predicted molar refractivity (Wildman–Crippen MR) is 93.0 cm³/mol. The van der Waals surface area contributed by atoms with Crippen LogP contribution in [0.4, 0.5) is 5.95 Å². The number of nitrogens with one attached hydrogen (secondary N) is 2. The van der Waals surface area contributed by atoms with Crippen molar-refractivity contribution in [2.75, 3.05) is 26.6 Å². The lowest BCUT2D eigenvalue weighted by Gasteiger charge is -2.18. The monoisotopic (exact) mass is 358 g/mol. The molecular formula is C16H18N6O4. The largest absolute Gasteiger partial charge is 0.497 e. The zero-order valence-corrected chi connectivity index (χ0v) is 14.6. The van der Waals surface area contributed by atoms with Crippen molar-refractivity contribution in [3.63, 3.8) is 0 Å². The number of methoxy groups -OCH3 is 2. The molecule has 1 aromatic carbocycles. The Labute approximate surface area is 149 Å². The van der Waals surface area contributed by atoms with Crippen LogP contribution < -0.4 is 14.8 Å². The van der Waals surface area contributed by atoms with Crippen molar-refractivity contribution in [1.29, 1.82) is 0 Å². The summed E-state index contributed by atoms with van der Waals surface area (Å²) in [5.74, 6) is 1.15. The minimum atomic E-state index is -0.448. The predicted octanol–water partition coefficient (Wildman–Crippen LogP) is 1.04. The number of amides is 2. The van der Waals surface area contributed by atoms with Gasteiger partial charge in [0.1, 0.15) is 17.2 Å². The Hall–Kier alpha value is -3.43. The number of carbonyl (C=O) groups is 2. The van der Waals surface area contributed by atoms with Gasteiger partial charge in [0, 0.05) is 26.0 Å². The molecule has 136 valence electrons. The third kappa shape index (κ3) is 3.48. The molecule has 3 rings (SSSR count). The van der Waals surface area contributed by atoms with Crippen LogP contribution in [0.25, 0.3) is 11.4 Å². The number of H-pyrrole nitrogens is 1. The molecule has 0 saturated carbocycles. The molecule has 0 radical (unpaired) electrons. The lowest BCUT2D eigenvalue weighted by molar-refractivity contribution is -0.130. The van der Waals surface area contributed by atoms with E-state index in [1.807, 2.05) is 0 Å². The van der Waals surface area contributed by atoms with Gasteiger partial charge in [0.15, 0.2) is 5.82 Å². The Bertz CT molecular complexity index is 875. The first-order chi connectivity index (χ1) is 12.5. The average molecular weight is 358 g/mol. The van der Waals surface area contributed by atoms with Crippen molar-refractivity contribution in [3.8, 4) is 22.9 Å². The van der Waals surface area contributed by atoms with Crippen molar-refractivity contribution in [2.45, 2.75) is 12.8 Å². The highest BCUT2D eigenvalue weighted by atomic mass is 16.5. The van der Waals surface area contributed by atoms with E-state index in [4.69, 9.17) is 9.47 Å². The zero-order chi connectivity index (χ0) is 18.7. The minimum absolute atomic E-state index is 0.102. The number of hydrazone groups is 1. The van der Waals surface area contributed by atoms with Crippen LogP contribution in [-0.4, -0.2) is 59.0 Å². The lowest BCUT2D eigenvalue weighted by atomic mass is 10.1. The second-order valence-electron chi connectivity index (χ2n) is 5.49. The molecule has 26 heavy (non-hydrogen) atoms. The molecule has 0 spiro atoms. The van der Waals surface area contributed by atoms with Crippen LogP contribution in [0.5, 0.6) is 11.5 Å². The van der Waals surface area contributed by atoms with Gasteiger partial charge in [-0.2, -0.15) is 10.1 Å². The van der Waals surface area contributed by atoms with Crippen LogP contribution in [0.2, 0.25) is 0 Å². The summed E-state index contributed by atoms with van der Waals surface area (Å²) in [6.07, 6.45) is 0.517. The maximum Gasteiger partial charge on any atom is 0.274 e. The molecule has 0 unspecified atom stereocenters. The van der Waals surface area contributed by atoms with Crippen molar-refractivity contribution in [2.24, 2.45) is 5.10 Å². The first kappa shape index (κ1) is 17.4. The number of nitrogens with zero attached hydrogens (tertiary/aromatic N) is 4. The maximum absolute atomic E-state index is 12.3. The Kier molecular flexibility index (Phi) is 4.83. The molecule has 2 heterocycles.